The number of hydrogen-bond donors (Lipinski definition) is 0. The van der Waals surface area contributed by atoms with Gasteiger partial charge in [0.25, 0.3) is 0 Å². The van der Waals surface area contributed by atoms with E-state index in [1.807, 2.05) is 0 Å². The fourth-order valence-corrected chi connectivity index (χ4v) is 7.26. The third kappa shape index (κ3) is 21.9. The van der Waals surface area contributed by atoms with Gasteiger partial charge in [-0.15, -0.1) is 0 Å². The molecule has 260 valence electrons. The molecule has 1 unspecified atom stereocenters. The molecule has 2 heteroatoms. The van der Waals surface area contributed by atoms with Crippen LogP contribution in [0, 0.1) is 0 Å². The summed E-state index contributed by atoms with van der Waals surface area (Å²) in [6, 6.07) is 11.1. The predicted octanol–water partition coefficient (Wildman–Crippen LogP) is 14.3. The number of rotatable bonds is 33. The smallest absolute Gasteiger partial charge is 0.101 e. The van der Waals surface area contributed by atoms with Crippen LogP contribution in [-0.2, 0) is 6.54 Å². The van der Waals surface area contributed by atoms with Crippen molar-refractivity contribution >= 4 is 0 Å². The van der Waals surface area contributed by atoms with Crippen LogP contribution in [0.3, 0.4) is 0 Å². The Labute approximate surface area is 283 Å². The molecule has 0 aromatic heterocycles. The van der Waals surface area contributed by atoms with Gasteiger partial charge in [0.05, 0.1) is 0 Å². The summed E-state index contributed by atoms with van der Waals surface area (Å²) in [5, 5.41) is 0. The summed E-state index contributed by atoms with van der Waals surface area (Å²) in [7, 11) is 0. The third-order valence-electron chi connectivity index (χ3n) is 10.3. The van der Waals surface area contributed by atoms with Crippen molar-refractivity contribution in [3.63, 3.8) is 0 Å². The standard InChI is InChI=1S/C43H78N2/c1-3-5-7-9-11-13-15-17-18-19-20-21-23-25-27-29-34-38-44-39-40-45(41-42-35-31-30-32-36-42)43(44)37-33-28-26-24-22-16-14-12-10-8-6-4-2/h30-32,35-36,39-40,43H,3-29,33-34,37-38,41H2,1-2H3. The summed E-state index contributed by atoms with van der Waals surface area (Å²) in [5.41, 5.74) is 1.43. The highest BCUT2D eigenvalue weighted by Gasteiger charge is 2.25. The fraction of sp³-hybridized carbons (Fsp3) is 0.814. The summed E-state index contributed by atoms with van der Waals surface area (Å²) < 4.78 is 0. The molecule has 1 aliphatic rings. The zero-order valence-electron chi connectivity index (χ0n) is 30.6. The molecule has 1 aliphatic heterocycles. The molecular weight excluding hydrogens is 544 g/mol. The minimum Gasteiger partial charge on any atom is -0.356 e. The van der Waals surface area contributed by atoms with E-state index >= 15 is 0 Å². The summed E-state index contributed by atoms with van der Waals surface area (Å²) in [6.45, 7) is 6.88. The van der Waals surface area contributed by atoms with Crippen molar-refractivity contribution in [1.29, 1.82) is 0 Å². The van der Waals surface area contributed by atoms with E-state index in [9.17, 15) is 0 Å². The largest absolute Gasteiger partial charge is 0.356 e. The second-order valence-electron chi connectivity index (χ2n) is 14.5. The van der Waals surface area contributed by atoms with Crippen molar-refractivity contribution < 1.29 is 0 Å². The van der Waals surface area contributed by atoms with E-state index in [0.29, 0.717) is 6.17 Å². The molecule has 1 aromatic rings. The maximum atomic E-state index is 2.67. The van der Waals surface area contributed by atoms with Crippen LogP contribution >= 0.6 is 0 Å². The van der Waals surface area contributed by atoms with Gasteiger partial charge in [0.1, 0.15) is 6.17 Å². The lowest BCUT2D eigenvalue weighted by molar-refractivity contribution is 0.132. The Morgan fingerprint density at radius 2 is 0.756 bits per heavy atom. The normalized spacial score (nSPS) is 14.7. The molecule has 0 spiro atoms. The van der Waals surface area contributed by atoms with Crippen LogP contribution in [0.1, 0.15) is 212 Å². The summed E-state index contributed by atoms with van der Waals surface area (Å²) >= 11 is 0. The Bertz CT molecular complexity index is 758. The van der Waals surface area contributed by atoms with E-state index in [4.69, 9.17) is 0 Å². The molecule has 0 saturated heterocycles. The van der Waals surface area contributed by atoms with Crippen molar-refractivity contribution in [2.75, 3.05) is 6.54 Å². The SMILES string of the molecule is CCCCCCCCCCCCCCCCCCCN1C=CN(Cc2ccccc2)C1CCCCCCCCCCCCCC. The maximum Gasteiger partial charge on any atom is 0.101 e. The average Bonchev–Trinajstić information content (AvgIpc) is 3.44. The molecule has 2 nitrogen and oxygen atoms in total. The topological polar surface area (TPSA) is 6.48 Å². The van der Waals surface area contributed by atoms with Crippen molar-refractivity contribution in [2.45, 2.75) is 219 Å². The van der Waals surface area contributed by atoms with Crippen LogP contribution in [0.2, 0.25) is 0 Å². The van der Waals surface area contributed by atoms with Gasteiger partial charge in [-0.2, -0.15) is 0 Å². The maximum absolute atomic E-state index is 2.67. The summed E-state index contributed by atoms with van der Waals surface area (Å²) in [5.74, 6) is 0. The predicted molar refractivity (Wildman–Crippen MR) is 201 cm³/mol. The Morgan fingerprint density at radius 3 is 1.18 bits per heavy atom. The lowest BCUT2D eigenvalue weighted by Crippen LogP contribution is -2.38. The zero-order valence-corrected chi connectivity index (χ0v) is 30.6. The molecule has 0 N–H and O–H groups in total. The molecule has 0 aliphatic carbocycles. The van der Waals surface area contributed by atoms with Gasteiger partial charge in [0.2, 0.25) is 0 Å². The van der Waals surface area contributed by atoms with Gasteiger partial charge >= 0.3 is 0 Å². The first-order chi connectivity index (χ1) is 22.3. The highest BCUT2D eigenvalue weighted by molar-refractivity contribution is 5.16. The number of nitrogens with zero attached hydrogens (tertiary/aromatic N) is 2. The Kier molecular flexibility index (Phi) is 26.4. The fourth-order valence-electron chi connectivity index (χ4n) is 7.26. The molecule has 1 aromatic carbocycles. The Morgan fingerprint density at radius 1 is 0.400 bits per heavy atom. The first kappa shape index (κ1) is 39.7. The number of benzene rings is 1. The van der Waals surface area contributed by atoms with Gasteiger partial charge in [-0.05, 0) is 24.8 Å². The van der Waals surface area contributed by atoms with Crippen molar-refractivity contribution in [1.82, 2.24) is 9.80 Å². The first-order valence-corrected chi connectivity index (χ1v) is 20.6. The third-order valence-corrected chi connectivity index (χ3v) is 10.3. The highest BCUT2D eigenvalue weighted by atomic mass is 15.4. The molecule has 1 heterocycles. The molecule has 45 heavy (non-hydrogen) atoms. The molecular formula is C43H78N2. The zero-order chi connectivity index (χ0) is 31.9. The van der Waals surface area contributed by atoms with Crippen LogP contribution in [0.5, 0.6) is 0 Å². The van der Waals surface area contributed by atoms with Gasteiger partial charge in [-0.3, -0.25) is 0 Å². The van der Waals surface area contributed by atoms with E-state index in [1.165, 1.54) is 205 Å². The highest BCUT2D eigenvalue weighted by Crippen LogP contribution is 2.25. The molecule has 0 fully saturated rings. The van der Waals surface area contributed by atoms with Gasteiger partial charge in [-0.25, -0.2) is 0 Å². The molecule has 0 bridgehead atoms. The van der Waals surface area contributed by atoms with Crippen molar-refractivity contribution in [3.05, 3.63) is 48.3 Å². The Balaban J connectivity index is 1.51. The minimum absolute atomic E-state index is 0.550. The van der Waals surface area contributed by atoms with Crippen molar-refractivity contribution in [2.24, 2.45) is 0 Å². The number of hydrogen-bond acceptors (Lipinski definition) is 2. The molecule has 0 saturated carbocycles. The molecule has 2 rings (SSSR count). The average molecular weight is 623 g/mol. The lowest BCUT2D eigenvalue weighted by Gasteiger charge is -2.33. The van der Waals surface area contributed by atoms with Crippen molar-refractivity contribution in [3.8, 4) is 0 Å². The van der Waals surface area contributed by atoms with Gasteiger partial charge < -0.3 is 9.80 Å². The van der Waals surface area contributed by atoms with E-state index in [-0.39, 0.29) is 0 Å². The van der Waals surface area contributed by atoms with Crippen LogP contribution in [0.4, 0.5) is 0 Å². The number of unbranched alkanes of at least 4 members (excludes halogenated alkanes) is 27. The van der Waals surface area contributed by atoms with Gasteiger partial charge in [-0.1, -0.05) is 218 Å². The van der Waals surface area contributed by atoms with Crippen LogP contribution in [-0.4, -0.2) is 22.5 Å². The quantitative estimate of drug-likeness (QED) is 0.0720. The van der Waals surface area contributed by atoms with E-state index in [1.54, 1.807) is 0 Å². The second kappa shape index (κ2) is 29.9. The Hall–Kier alpha value is -1.44. The molecule has 1 atom stereocenters. The summed E-state index contributed by atoms with van der Waals surface area (Å²) in [4.78, 5) is 5.29. The first-order valence-electron chi connectivity index (χ1n) is 20.6. The molecule has 0 amide bonds. The minimum atomic E-state index is 0.550. The van der Waals surface area contributed by atoms with E-state index < -0.39 is 0 Å². The van der Waals surface area contributed by atoms with E-state index in [2.05, 4.69) is 66.4 Å². The summed E-state index contributed by atoms with van der Waals surface area (Å²) in [6.07, 6.45) is 48.3. The lowest BCUT2D eigenvalue weighted by atomic mass is 10.0. The van der Waals surface area contributed by atoms with Gasteiger partial charge in [0, 0.05) is 25.5 Å². The van der Waals surface area contributed by atoms with E-state index in [0.717, 1.165) is 6.54 Å². The monoisotopic (exact) mass is 623 g/mol. The molecule has 0 radical (unpaired) electrons. The second-order valence-corrected chi connectivity index (χ2v) is 14.5. The van der Waals surface area contributed by atoms with Crippen LogP contribution in [0.15, 0.2) is 42.7 Å². The van der Waals surface area contributed by atoms with Crippen LogP contribution in [0.25, 0.3) is 0 Å². The van der Waals surface area contributed by atoms with Crippen LogP contribution < -0.4 is 0 Å². The van der Waals surface area contributed by atoms with Gasteiger partial charge in [0.15, 0.2) is 0 Å².